The zero-order chi connectivity index (χ0) is 20.0. The molecule has 0 unspecified atom stereocenters. The number of halogens is 1. The van der Waals surface area contributed by atoms with Gasteiger partial charge in [0.1, 0.15) is 5.75 Å². The topological polar surface area (TPSA) is 61.9 Å². The Morgan fingerprint density at radius 1 is 1.07 bits per heavy atom. The minimum atomic E-state index is -0.148. The van der Waals surface area contributed by atoms with Crippen LogP contribution in [0, 0.1) is 0 Å². The summed E-state index contributed by atoms with van der Waals surface area (Å²) in [5.41, 5.74) is 2.12. The number of hydrogen-bond donors (Lipinski definition) is 1. The minimum absolute atomic E-state index is 0.0805. The van der Waals surface area contributed by atoms with E-state index in [1.807, 2.05) is 24.1 Å². The van der Waals surface area contributed by atoms with Crippen LogP contribution in [0.2, 0.25) is 5.02 Å². The molecule has 0 radical (unpaired) electrons. The number of hydrogen-bond acceptors (Lipinski definition) is 4. The maximum absolute atomic E-state index is 12.3. The number of likely N-dealkylation sites (N-methyl/N-ethyl adjacent to an activating group) is 1. The Kier molecular flexibility index (Phi) is 7.21. The van der Waals surface area contributed by atoms with E-state index in [1.165, 1.54) is 4.90 Å². The van der Waals surface area contributed by atoms with Crippen molar-refractivity contribution in [3.63, 3.8) is 0 Å². The number of carbonyl (C=O) groups excluding carboxylic acids is 2. The number of ether oxygens (including phenoxy) is 1. The number of nitrogens with one attached hydrogen (secondary N) is 1. The second kappa shape index (κ2) is 9.39. The van der Waals surface area contributed by atoms with Gasteiger partial charge in [0.25, 0.3) is 5.91 Å². The van der Waals surface area contributed by atoms with Crippen molar-refractivity contribution >= 4 is 29.1 Å². The van der Waals surface area contributed by atoms with Gasteiger partial charge in [0, 0.05) is 42.5 Å². The lowest BCUT2D eigenvalue weighted by molar-refractivity contribution is -0.117. The molecule has 0 heterocycles. The van der Waals surface area contributed by atoms with Gasteiger partial charge in [0.05, 0.1) is 13.7 Å². The molecule has 0 saturated heterocycles. The van der Waals surface area contributed by atoms with Crippen molar-refractivity contribution in [1.82, 2.24) is 9.80 Å². The Morgan fingerprint density at radius 2 is 1.74 bits per heavy atom. The van der Waals surface area contributed by atoms with Gasteiger partial charge in [-0.2, -0.15) is 0 Å². The molecule has 2 aromatic rings. The van der Waals surface area contributed by atoms with Crippen LogP contribution in [0.15, 0.2) is 42.5 Å². The highest BCUT2D eigenvalue weighted by atomic mass is 35.5. The van der Waals surface area contributed by atoms with Gasteiger partial charge < -0.3 is 15.0 Å². The molecular formula is C20H24ClN3O3. The van der Waals surface area contributed by atoms with Gasteiger partial charge in [-0.3, -0.25) is 14.5 Å². The van der Waals surface area contributed by atoms with E-state index in [0.29, 0.717) is 22.8 Å². The van der Waals surface area contributed by atoms with E-state index in [4.69, 9.17) is 16.3 Å². The fraction of sp³-hybridized carbons (Fsp3) is 0.300. The lowest BCUT2D eigenvalue weighted by atomic mass is 10.2. The molecule has 0 atom stereocenters. The zero-order valence-corrected chi connectivity index (χ0v) is 16.7. The largest absolute Gasteiger partial charge is 0.496 e. The van der Waals surface area contributed by atoms with Gasteiger partial charge in [0.15, 0.2) is 0 Å². The Balaban J connectivity index is 1.93. The molecule has 0 aliphatic heterocycles. The fourth-order valence-electron chi connectivity index (χ4n) is 2.62. The highest BCUT2D eigenvalue weighted by Gasteiger charge is 2.12. The van der Waals surface area contributed by atoms with Crippen LogP contribution < -0.4 is 10.1 Å². The molecule has 2 rings (SSSR count). The third-order valence-electron chi connectivity index (χ3n) is 3.92. The number of rotatable bonds is 7. The van der Waals surface area contributed by atoms with Crippen LogP contribution >= 0.6 is 11.6 Å². The van der Waals surface area contributed by atoms with Crippen molar-refractivity contribution in [1.29, 1.82) is 0 Å². The lowest BCUT2D eigenvalue weighted by Gasteiger charge is -2.18. The summed E-state index contributed by atoms with van der Waals surface area (Å²) in [6.07, 6.45) is 0. The fourth-order valence-corrected chi connectivity index (χ4v) is 2.81. The Bertz CT molecular complexity index is 807. The highest BCUT2D eigenvalue weighted by molar-refractivity contribution is 6.30. The average Bonchev–Trinajstić information content (AvgIpc) is 2.61. The molecule has 0 spiro atoms. The van der Waals surface area contributed by atoms with Crippen molar-refractivity contribution in [3.05, 3.63) is 58.6 Å². The summed E-state index contributed by atoms with van der Waals surface area (Å²) in [5.74, 6) is 0.501. The average molecular weight is 390 g/mol. The monoisotopic (exact) mass is 389 g/mol. The number of amides is 2. The van der Waals surface area contributed by atoms with Gasteiger partial charge in [-0.25, -0.2) is 0 Å². The number of methoxy groups -OCH3 is 1. The first-order valence-corrected chi connectivity index (χ1v) is 8.80. The van der Waals surface area contributed by atoms with Crippen molar-refractivity contribution in [3.8, 4) is 5.75 Å². The number of anilines is 1. The summed E-state index contributed by atoms with van der Waals surface area (Å²) in [6, 6.07) is 12.2. The SMILES string of the molecule is COc1ccc(Cl)cc1CN(C)CC(=O)Nc1ccc(C(=O)N(C)C)cc1. The molecule has 1 N–H and O–H groups in total. The van der Waals surface area contributed by atoms with E-state index in [2.05, 4.69) is 5.32 Å². The van der Waals surface area contributed by atoms with Gasteiger partial charge in [-0.05, 0) is 49.5 Å². The number of carbonyl (C=O) groups is 2. The van der Waals surface area contributed by atoms with Crippen LogP contribution in [0.4, 0.5) is 5.69 Å². The molecule has 27 heavy (non-hydrogen) atoms. The summed E-state index contributed by atoms with van der Waals surface area (Å²) in [4.78, 5) is 27.5. The van der Waals surface area contributed by atoms with Gasteiger partial charge in [-0.15, -0.1) is 0 Å². The van der Waals surface area contributed by atoms with Gasteiger partial charge in [0.2, 0.25) is 5.91 Å². The molecular weight excluding hydrogens is 366 g/mol. The van der Waals surface area contributed by atoms with Gasteiger partial charge in [-0.1, -0.05) is 11.6 Å². The molecule has 0 saturated carbocycles. The molecule has 2 amide bonds. The Morgan fingerprint density at radius 3 is 2.33 bits per heavy atom. The third kappa shape index (κ3) is 5.98. The first kappa shape index (κ1) is 20.7. The molecule has 144 valence electrons. The summed E-state index contributed by atoms with van der Waals surface area (Å²) < 4.78 is 5.33. The van der Waals surface area contributed by atoms with Crippen LogP contribution in [0.3, 0.4) is 0 Å². The second-order valence-corrected chi connectivity index (χ2v) is 6.89. The lowest BCUT2D eigenvalue weighted by Crippen LogP contribution is -2.30. The predicted molar refractivity (Wildman–Crippen MR) is 107 cm³/mol. The van der Waals surface area contributed by atoms with Crippen molar-refractivity contribution in [2.45, 2.75) is 6.54 Å². The Hall–Kier alpha value is -2.57. The molecule has 7 heteroatoms. The van der Waals surface area contributed by atoms with Crippen LogP contribution in [-0.4, -0.2) is 56.4 Å². The van der Waals surface area contributed by atoms with Gasteiger partial charge >= 0.3 is 0 Å². The van der Waals surface area contributed by atoms with Crippen LogP contribution in [-0.2, 0) is 11.3 Å². The third-order valence-corrected chi connectivity index (χ3v) is 4.15. The van der Waals surface area contributed by atoms with E-state index in [9.17, 15) is 9.59 Å². The summed E-state index contributed by atoms with van der Waals surface area (Å²) in [5, 5.41) is 3.45. The summed E-state index contributed by atoms with van der Waals surface area (Å²) >= 11 is 6.04. The molecule has 0 aliphatic carbocycles. The molecule has 2 aromatic carbocycles. The molecule has 0 aromatic heterocycles. The summed E-state index contributed by atoms with van der Waals surface area (Å²) in [7, 11) is 6.84. The predicted octanol–water partition coefficient (Wildman–Crippen LogP) is 3.12. The van der Waals surface area contributed by atoms with Crippen molar-refractivity contribution in [2.24, 2.45) is 0 Å². The van der Waals surface area contributed by atoms with E-state index in [0.717, 1.165) is 11.3 Å². The van der Waals surface area contributed by atoms with E-state index in [1.54, 1.807) is 51.5 Å². The quantitative estimate of drug-likeness (QED) is 0.790. The van der Waals surface area contributed by atoms with E-state index >= 15 is 0 Å². The normalized spacial score (nSPS) is 10.6. The first-order valence-electron chi connectivity index (χ1n) is 8.42. The second-order valence-electron chi connectivity index (χ2n) is 6.45. The zero-order valence-electron chi connectivity index (χ0n) is 16.0. The number of nitrogens with zero attached hydrogens (tertiary/aromatic N) is 2. The Labute approximate surface area is 164 Å². The van der Waals surface area contributed by atoms with Crippen molar-refractivity contribution < 1.29 is 14.3 Å². The summed E-state index contributed by atoms with van der Waals surface area (Å²) in [6.45, 7) is 0.724. The van der Waals surface area contributed by atoms with Crippen molar-refractivity contribution in [2.75, 3.05) is 40.1 Å². The van der Waals surface area contributed by atoms with Crippen LogP contribution in [0.25, 0.3) is 0 Å². The maximum atomic E-state index is 12.3. The maximum Gasteiger partial charge on any atom is 0.253 e. The number of benzene rings is 2. The first-order chi connectivity index (χ1) is 12.8. The standard InChI is InChI=1S/C20H24ClN3O3/c1-23(2)20(26)14-5-8-17(9-6-14)22-19(25)13-24(3)12-15-11-16(21)7-10-18(15)27-4/h5-11H,12-13H2,1-4H3,(H,22,25). The molecule has 0 fully saturated rings. The highest BCUT2D eigenvalue weighted by Crippen LogP contribution is 2.23. The molecule has 0 aliphatic rings. The molecule has 0 bridgehead atoms. The van der Waals surface area contributed by atoms with E-state index in [-0.39, 0.29) is 18.4 Å². The molecule has 6 nitrogen and oxygen atoms in total. The minimum Gasteiger partial charge on any atom is -0.496 e. The van der Waals surface area contributed by atoms with Crippen LogP contribution in [0.5, 0.6) is 5.75 Å². The van der Waals surface area contributed by atoms with Crippen LogP contribution in [0.1, 0.15) is 15.9 Å². The smallest absolute Gasteiger partial charge is 0.253 e. The van der Waals surface area contributed by atoms with E-state index < -0.39 is 0 Å².